The molecule has 1 heterocycles. The summed E-state index contributed by atoms with van der Waals surface area (Å²) in [4.78, 5) is 14.7. The van der Waals surface area contributed by atoms with Crippen LogP contribution in [-0.4, -0.2) is 17.4 Å². The largest absolute Gasteiger partial charge is 0.455 e. The van der Waals surface area contributed by atoms with Crippen molar-refractivity contribution in [3.8, 4) is 0 Å². The summed E-state index contributed by atoms with van der Waals surface area (Å²) in [6, 6.07) is 22.8. The second-order valence-corrected chi connectivity index (χ2v) is 8.20. The first-order valence-corrected chi connectivity index (χ1v) is 11.3. The number of benzene rings is 2. The summed E-state index contributed by atoms with van der Waals surface area (Å²) in [7, 11) is 0. The maximum atomic E-state index is 12.4. The number of rotatable bonds is 12. The molecule has 3 rings (SSSR count). The SMILES string of the molecule is CCCCCCNC(=O)c1ccc(CN(Cc2ccccc2)Cc2ccc(C)cc2)o1. The molecule has 3 aromatic rings. The molecule has 4 heteroatoms. The molecule has 0 aliphatic carbocycles. The Labute approximate surface area is 186 Å². The first kappa shape index (κ1) is 22.8. The highest BCUT2D eigenvalue weighted by Gasteiger charge is 2.14. The summed E-state index contributed by atoms with van der Waals surface area (Å²) in [6.45, 7) is 7.26. The van der Waals surface area contributed by atoms with Crippen molar-refractivity contribution in [1.29, 1.82) is 0 Å². The van der Waals surface area contributed by atoms with Crippen molar-refractivity contribution < 1.29 is 9.21 Å². The number of amides is 1. The molecule has 164 valence electrons. The van der Waals surface area contributed by atoms with Gasteiger partial charge >= 0.3 is 0 Å². The lowest BCUT2D eigenvalue weighted by Crippen LogP contribution is -2.24. The van der Waals surface area contributed by atoms with Gasteiger partial charge in [0.05, 0.1) is 6.54 Å². The van der Waals surface area contributed by atoms with Gasteiger partial charge in [-0.05, 0) is 36.6 Å². The monoisotopic (exact) mass is 418 g/mol. The van der Waals surface area contributed by atoms with Gasteiger partial charge in [0.2, 0.25) is 0 Å². The first-order valence-electron chi connectivity index (χ1n) is 11.3. The molecule has 2 aromatic carbocycles. The molecule has 0 saturated carbocycles. The number of aryl methyl sites for hydroxylation is 1. The van der Waals surface area contributed by atoms with Gasteiger partial charge in [-0.3, -0.25) is 9.69 Å². The molecular formula is C27H34N2O2. The molecule has 0 saturated heterocycles. The van der Waals surface area contributed by atoms with Gasteiger partial charge in [-0.15, -0.1) is 0 Å². The van der Waals surface area contributed by atoms with E-state index in [2.05, 4.69) is 72.6 Å². The van der Waals surface area contributed by atoms with E-state index in [-0.39, 0.29) is 5.91 Å². The predicted molar refractivity (Wildman–Crippen MR) is 126 cm³/mol. The van der Waals surface area contributed by atoms with Crippen LogP contribution in [0.3, 0.4) is 0 Å². The lowest BCUT2D eigenvalue weighted by Gasteiger charge is -2.21. The van der Waals surface area contributed by atoms with Crippen molar-refractivity contribution in [2.75, 3.05) is 6.54 Å². The van der Waals surface area contributed by atoms with Crippen LogP contribution in [0.1, 0.15) is 65.6 Å². The number of carbonyl (C=O) groups excluding carboxylic acids is 1. The van der Waals surface area contributed by atoms with E-state index < -0.39 is 0 Å². The third-order valence-corrected chi connectivity index (χ3v) is 5.36. The van der Waals surface area contributed by atoms with Gasteiger partial charge in [-0.25, -0.2) is 0 Å². The molecule has 0 aliphatic heterocycles. The first-order chi connectivity index (χ1) is 15.1. The van der Waals surface area contributed by atoms with Crippen LogP contribution < -0.4 is 5.32 Å². The Kier molecular flexibility index (Phi) is 8.92. The number of nitrogens with one attached hydrogen (secondary N) is 1. The van der Waals surface area contributed by atoms with Gasteiger partial charge in [0.15, 0.2) is 5.76 Å². The Bertz CT molecular complexity index is 916. The zero-order valence-corrected chi connectivity index (χ0v) is 18.8. The molecule has 0 radical (unpaired) electrons. The number of hydrogen-bond donors (Lipinski definition) is 1. The van der Waals surface area contributed by atoms with Crippen molar-refractivity contribution in [1.82, 2.24) is 10.2 Å². The lowest BCUT2D eigenvalue weighted by atomic mass is 10.1. The Balaban J connectivity index is 1.62. The fourth-order valence-corrected chi connectivity index (χ4v) is 3.61. The van der Waals surface area contributed by atoms with Crippen molar-refractivity contribution in [2.24, 2.45) is 0 Å². The zero-order chi connectivity index (χ0) is 21.9. The summed E-state index contributed by atoms with van der Waals surface area (Å²) in [5, 5.41) is 2.96. The Morgan fingerprint density at radius 2 is 1.55 bits per heavy atom. The second kappa shape index (κ2) is 12.1. The van der Waals surface area contributed by atoms with E-state index in [1.54, 1.807) is 6.07 Å². The standard InChI is InChI=1S/C27H34N2O2/c1-3-4-5-9-18-28-27(30)26-17-16-25(31-26)21-29(19-23-10-7-6-8-11-23)20-24-14-12-22(2)13-15-24/h6-8,10-17H,3-5,9,18-21H2,1-2H3,(H,28,30). The Hall–Kier alpha value is -2.85. The molecule has 1 aromatic heterocycles. The van der Waals surface area contributed by atoms with Gasteiger partial charge in [-0.2, -0.15) is 0 Å². The lowest BCUT2D eigenvalue weighted by molar-refractivity contribution is 0.0920. The maximum absolute atomic E-state index is 12.4. The molecule has 0 unspecified atom stereocenters. The smallest absolute Gasteiger partial charge is 0.286 e. The average Bonchev–Trinajstić information content (AvgIpc) is 3.24. The third-order valence-electron chi connectivity index (χ3n) is 5.36. The van der Waals surface area contributed by atoms with Gasteiger partial charge in [0.1, 0.15) is 5.76 Å². The quantitative estimate of drug-likeness (QED) is 0.361. The summed E-state index contributed by atoms with van der Waals surface area (Å²) in [5.74, 6) is 1.07. The molecule has 0 fully saturated rings. The Morgan fingerprint density at radius 1 is 0.839 bits per heavy atom. The van der Waals surface area contributed by atoms with Crippen LogP contribution in [0.5, 0.6) is 0 Å². The molecule has 1 N–H and O–H groups in total. The van der Waals surface area contributed by atoms with Crippen LogP contribution in [0.25, 0.3) is 0 Å². The number of nitrogens with zero attached hydrogens (tertiary/aromatic N) is 1. The highest BCUT2D eigenvalue weighted by Crippen LogP contribution is 2.17. The van der Waals surface area contributed by atoms with Crippen LogP contribution in [0.4, 0.5) is 0 Å². The number of furan rings is 1. The summed E-state index contributed by atoms with van der Waals surface area (Å²) in [6.07, 6.45) is 4.55. The van der Waals surface area contributed by atoms with E-state index in [1.807, 2.05) is 12.1 Å². The number of unbranched alkanes of at least 4 members (excludes halogenated alkanes) is 3. The minimum atomic E-state index is -0.129. The van der Waals surface area contributed by atoms with E-state index in [9.17, 15) is 4.79 Å². The highest BCUT2D eigenvalue weighted by molar-refractivity contribution is 5.91. The summed E-state index contributed by atoms with van der Waals surface area (Å²) in [5.41, 5.74) is 3.78. The maximum Gasteiger partial charge on any atom is 0.286 e. The molecule has 31 heavy (non-hydrogen) atoms. The van der Waals surface area contributed by atoms with Crippen LogP contribution in [0, 0.1) is 6.92 Å². The molecule has 4 nitrogen and oxygen atoms in total. The average molecular weight is 419 g/mol. The van der Waals surface area contributed by atoms with E-state index in [4.69, 9.17) is 4.42 Å². The minimum absolute atomic E-state index is 0.129. The third kappa shape index (κ3) is 7.72. The number of hydrogen-bond acceptors (Lipinski definition) is 3. The normalized spacial score (nSPS) is 11.1. The topological polar surface area (TPSA) is 45.5 Å². The van der Waals surface area contributed by atoms with Gasteiger partial charge in [0, 0.05) is 19.6 Å². The molecular weight excluding hydrogens is 384 g/mol. The second-order valence-electron chi connectivity index (χ2n) is 8.20. The van der Waals surface area contributed by atoms with Gasteiger partial charge in [0.25, 0.3) is 5.91 Å². The molecule has 0 bridgehead atoms. The molecule has 0 aliphatic rings. The van der Waals surface area contributed by atoms with Crippen LogP contribution >= 0.6 is 0 Å². The van der Waals surface area contributed by atoms with E-state index in [0.717, 1.165) is 31.7 Å². The fourth-order valence-electron chi connectivity index (χ4n) is 3.61. The van der Waals surface area contributed by atoms with E-state index in [1.165, 1.54) is 29.5 Å². The van der Waals surface area contributed by atoms with Gasteiger partial charge in [-0.1, -0.05) is 86.3 Å². The van der Waals surface area contributed by atoms with Crippen molar-refractivity contribution >= 4 is 5.91 Å². The van der Waals surface area contributed by atoms with Crippen LogP contribution in [-0.2, 0) is 19.6 Å². The van der Waals surface area contributed by atoms with E-state index >= 15 is 0 Å². The van der Waals surface area contributed by atoms with Crippen molar-refractivity contribution in [2.45, 2.75) is 59.2 Å². The van der Waals surface area contributed by atoms with E-state index in [0.29, 0.717) is 18.8 Å². The summed E-state index contributed by atoms with van der Waals surface area (Å²) < 4.78 is 5.89. The highest BCUT2D eigenvalue weighted by atomic mass is 16.4. The zero-order valence-electron chi connectivity index (χ0n) is 18.8. The van der Waals surface area contributed by atoms with Gasteiger partial charge < -0.3 is 9.73 Å². The predicted octanol–water partition coefficient (Wildman–Crippen LogP) is 6.10. The van der Waals surface area contributed by atoms with Crippen molar-refractivity contribution in [3.63, 3.8) is 0 Å². The van der Waals surface area contributed by atoms with Crippen molar-refractivity contribution in [3.05, 3.63) is 94.9 Å². The van der Waals surface area contributed by atoms with Crippen LogP contribution in [0.15, 0.2) is 71.1 Å². The fraction of sp³-hybridized carbons (Fsp3) is 0.370. The summed E-state index contributed by atoms with van der Waals surface area (Å²) >= 11 is 0. The number of carbonyl (C=O) groups is 1. The Morgan fingerprint density at radius 3 is 2.26 bits per heavy atom. The molecule has 1 amide bonds. The molecule has 0 spiro atoms. The van der Waals surface area contributed by atoms with Crippen LogP contribution in [0.2, 0.25) is 0 Å². The minimum Gasteiger partial charge on any atom is -0.455 e. The molecule has 0 atom stereocenters.